The van der Waals surface area contributed by atoms with E-state index in [4.69, 9.17) is 0 Å². The summed E-state index contributed by atoms with van der Waals surface area (Å²) >= 11 is 0. The number of halogens is 2. The van der Waals surface area contributed by atoms with Gasteiger partial charge in [0.25, 0.3) is 0 Å². The van der Waals surface area contributed by atoms with Crippen LogP contribution in [0.2, 0.25) is 0 Å². The minimum absolute atomic E-state index is 0.489. The molecule has 3 unspecified atom stereocenters. The third-order valence-electron chi connectivity index (χ3n) is 4.76. The van der Waals surface area contributed by atoms with Gasteiger partial charge in [-0.1, -0.05) is 27.2 Å². The van der Waals surface area contributed by atoms with Gasteiger partial charge in [-0.05, 0) is 61.3 Å². The zero-order chi connectivity index (χ0) is 15.4. The number of rotatable bonds is 5. The normalized spacial score (nSPS) is 26.3. The lowest BCUT2D eigenvalue weighted by molar-refractivity contribution is 0.171. The Balaban J connectivity index is 1.88. The third-order valence-corrected chi connectivity index (χ3v) is 4.76. The molecule has 3 heteroatoms. The van der Waals surface area contributed by atoms with Crippen LogP contribution in [-0.2, 0) is 6.42 Å². The van der Waals surface area contributed by atoms with Crippen molar-refractivity contribution in [3.8, 4) is 0 Å². The molecule has 0 aliphatic heterocycles. The largest absolute Gasteiger partial charge is 0.313 e. The fourth-order valence-corrected chi connectivity index (χ4v) is 3.59. The van der Waals surface area contributed by atoms with Crippen molar-refractivity contribution in [1.29, 1.82) is 0 Å². The number of nitrogens with one attached hydrogen (secondary N) is 1. The van der Waals surface area contributed by atoms with E-state index in [1.54, 1.807) is 0 Å². The fourth-order valence-electron chi connectivity index (χ4n) is 3.59. The van der Waals surface area contributed by atoms with Crippen LogP contribution in [0, 0.1) is 29.4 Å². The van der Waals surface area contributed by atoms with Crippen LogP contribution in [0.4, 0.5) is 8.78 Å². The minimum Gasteiger partial charge on any atom is -0.313 e. The molecule has 1 aromatic rings. The monoisotopic (exact) mass is 295 g/mol. The summed E-state index contributed by atoms with van der Waals surface area (Å²) in [5, 5.41) is 3.63. The van der Waals surface area contributed by atoms with Crippen LogP contribution >= 0.6 is 0 Å². The first-order chi connectivity index (χ1) is 9.95. The molecule has 1 aliphatic carbocycles. The molecule has 1 saturated carbocycles. The highest BCUT2D eigenvalue weighted by molar-refractivity contribution is 5.18. The molecule has 0 heterocycles. The Hall–Kier alpha value is -0.960. The molecule has 3 atom stereocenters. The SMILES string of the molecule is CC1CCC(C(C)C)C(NCCc2cc(F)cc(F)c2)C1. The third kappa shape index (κ3) is 4.77. The Kier molecular flexibility index (Phi) is 5.74. The predicted molar refractivity (Wildman–Crippen MR) is 83.2 cm³/mol. The first-order valence-corrected chi connectivity index (χ1v) is 8.14. The van der Waals surface area contributed by atoms with E-state index in [1.807, 2.05) is 0 Å². The summed E-state index contributed by atoms with van der Waals surface area (Å²) in [5.41, 5.74) is 0.727. The Labute approximate surface area is 127 Å². The van der Waals surface area contributed by atoms with Gasteiger partial charge >= 0.3 is 0 Å². The molecule has 0 bridgehead atoms. The lowest BCUT2D eigenvalue weighted by atomic mass is 9.74. The Bertz CT molecular complexity index is 438. The van der Waals surface area contributed by atoms with Gasteiger partial charge in [-0.3, -0.25) is 0 Å². The highest BCUT2D eigenvalue weighted by Gasteiger charge is 2.29. The van der Waals surface area contributed by atoms with E-state index in [-0.39, 0.29) is 0 Å². The highest BCUT2D eigenvalue weighted by Crippen LogP contribution is 2.33. The zero-order valence-electron chi connectivity index (χ0n) is 13.3. The fraction of sp³-hybridized carbons (Fsp3) is 0.667. The lowest BCUT2D eigenvalue weighted by Crippen LogP contribution is -2.43. The molecule has 21 heavy (non-hydrogen) atoms. The van der Waals surface area contributed by atoms with Gasteiger partial charge in [0, 0.05) is 12.1 Å². The summed E-state index contributed by atoms with van der Waals surface area (Å²) in [6.45, 7) is 7.67. The Morgan fingerprint density at radius 1 is 1.14 bits per heavy atom. The zero-order valence-corrected chi connectivity index (χ0v) is 13.3. The van der Waals surface area contributed by atoms with Gasteiger partial charge < -0.3 is 5.32 Å². The minimum atomic E-state index is -0.489. The van der Waals surface area contributed by atoms with Gasteiger partial charge in [0.05, 0.1) is 0 Å². The molecule has 0 aromatic heterocycles. The Morgan fingerprint density at radius 2 is 1.81 bits per heavy atom. The summed E-state index contributed by atoms with van der Waals surface area (Å²) < 4.78 is 26.3. The standard InChI is InChI=1S/C18H27F2N/c1-12(2)17-5-4-13(3)8-18(17)21-7-6-14-9-15(19)11-16(20)10-14/h9-13,17-18,21H,4-8H2,1-3H3. The number of hydrogen-bond donors (Lipinski definition) is 1. The topological polar surface area (TPSA) is 12.0 Å². The van der Waals surface area contributed by atoms with Gasteiger partial charge in [0.1, 0.15) is 11.6 Å². The summed E-state index contributed by atoms with van der Waals surface area (Å²) in [6.07, 6.45) is 4.48. The van der Waals surface area contributed by atoms with E-state index < -0.39 is 11.6 Å². The molecule has 118 valence electrons. The highest BCUT2D eigenvalue weighted by atomic mass is 19.1. The van der Waals surface area contributed by atoms with Crippen molar-refractivity contribution >= 4 is 0 Å². The predicted octanol–water partition coefficient (Wildman–Crippen LogP) is 4.56. The van der Waals surface area contributed by atoms with Crippen LogP contribution in [0.3, 0.4) is 0 Å². The van der Waals surface area contributed by atoms with Crippen LogP contribution in [0.1, 0.15) is 45.6 Å². The summed E-state index contributed by atoms with van der Waals surface area (Å²) in [5.74, 6) is 1.18. The molecule has 1 N–H and O–H groups in total. The maximum Gasteiger partial charge on any atom is 0.126 e. The van der Waals surface area contributed by atoms with E-state index in [9.17, 15) is 8.78 Å². The molecule has 1 nitrogen and oxygen atoms in total. The van der Waals surface area contributed by atoms with Gasteiger partial charge in [-0.2, -0.15) is 0 Å². The van der Waals surface area contributed by atoms with Crippen LogP contribution in [0.25, 0.3) is 0 Å². The first-order valence-electron chi connectivity index (χ1n) is 8.14. The number of hydrogen-bond acceptors (Lipinski definition) is 1. The van der Waals surface area contributed by atoms with Gasteiger partial charge in [-0.15, -0.1) is 0 Å². The van der Waals surface area contributed by atoms with Crippen molar-refractivity contribution in [2.75, 3.05) is 6.54 Å². The molecule has 0 saturated heterocycles. The summed E-state index contributed by atoms with van der Waals surface area (Å²) in [4.78, 5) is 0. The molecule has 2 rings (SSSR count). The molecule has 0 amide bonds. The molecule has 1 fully saturated rings. The quantitative estimate of drug-likeness (QED) is 0.840. The maximum atomic E-state index is 13.2. The van der Waals surface area contributed by atoms with E-state index in [0.29, 0.717) is 24.3 Å². The van der Waals surface area contributed by atoms with Crippen LogP contribution in [0.15, 0.2) is 18.2 Å². The second-order valence-corrected chi connectivity index (χ2v) is 6.91. The smallest absolute Gasteiger partial charge is 0.126 e. The average molecular weight is 295 g/mol. The van der Waals surface area contributed by atoms with Gasteiger partial charge in [0.2, 0.25) is 0 Å². The number of benzene rings is 1. The van der Waals surface area contributed by atoms with Crippen molar-refractivity contribution in [3.05, 3.63) is 35.4 Å². The molecule has 0 radical (unpaired) electrons. The van der Waals surface area contributed by atoms with E-state index in [1.165, 1.54) is 31.4 Å². The van der Waals surface area contributed by atoms with E-state index in [2.05, 4.69) is 26.1 Å². The van der Waals surface area contributed by atoms with Crippen molar-refractivity contribution < 1.29 is 8.78 Å². The molecule has 1 aromatic carbocycles. The molecular weight excluding hydrogens is 268 g/mol. The maximum absolute atomic E-state index is 13.2. The first kappa shape index (κ1) is 16.4. The van der Waals surface area contributed by atoms with Crippen molar-refractivity contribution in [2.24, 2.45) is 17.8 Å². The Morgan fingerprint density at radius 3 is 2.43 bits per heavy atom. The second kappa shape index (κ2) is 7.35. The van der Waals surface area contributed by atoms with Crippen molar-refractivity contribution in [2.45, 2.75) is 52.5 Å². The van der Waals surface area contributed by atoms with Crippen molar-refractivity contribution in [1.82, 2.24) is 5.32 Å². The van der Waals surface area contributed by atoms with E-state index in [0.717, 1.165) is 24.1 Å². The summed E-state index contributed by atoms with van der Waals surface area (Å²) in [7, 11) is 0. The van der Waals surface area contributed by atoms with Crippen LogP contribution in [0.5, 0.6) is 0 Å². The molecule has 1 aliphatic rings. The van der Waals surface area contributed by atoms with Gasteiger partial charge in [-0.25, -0.2) is 8.78 Å². The van der Waals surface area contributed by atoms with Crippen LogP contribution < -0.4 is 5.32 Å². The second-order valence-electron chi connectivity index (χ2n) is 6.91. The summed E-state index contributed by atoms with van der Waals surface area (Å²) in [6, 6.07) is 4.31. The van der Waals surface area contributed by atoms with Gasteiger partial charge in [0.15, 0.2) is 0 Å². The molecular formula is C18H27F2N. The van der Waals surface area contributed by atoms with E-state index >= 15 is 0 Å². The molecule has 0 spiro atoms. The van der Waals surface area contributed by atoms with Crippen LogP contribution in [-0.4, -0.2) is 12.6 Å². The average Bonchev–Trinajstić information content (AvgIpc) is 2.37. The van der Waals surface area contributed by atoms with Crippen molar-refractivity contribution in [3.63, 3.8) is 0 Å². The lowest BCUT2D eigenvalue weighted by Gasteiger charge is -2.38.